The van der Waals surface area contributed by atoms with Crippen molar-refractivity contribution >= 4 is 28.6 Å². The van der Waals surface area contributed by atoms with E-state index in [0.717, 1.165) is 11.1 Å². The molecule has 0 amide bonds. The van der Waals surface area contributed by atoms with Crippen molar-refractivity contribution in [2.24, 2.45) is 22.2 Å². The quantitative estimate of drug-likeness (QED) is 0.0756. The van der Waals surface area contributed by atoms with E-state index in [0.29, 0.717) is 61.2 Å². The van der Waals surface area contributed by atoms with Crippen LogP contribution in [0.5, 0.6) is 0 Å². The van der Waals surface area contributed by atoms with Crippen LogP contribution in [0.4, 0.5) is 13.2 Å². The lowest BCUT2D eigenvalue weighted by atomic mass is 10.0. The highest BCUT2D eigenvalue weighted by molar-refractivity contribution is 6.31. The first-order chi connectivity index (χ1) is 20.7. The van der Waals surface area contributed by atoms with E-state index in [-0.39, 0.29) is 29.0 Å². The summed E-state index contributed by atoms with van der Waals surface area (Å²) in [7, 11) is 0. The molecule has 0 saturated heterocycles. The van der Waals surface area contributed by atoms with Gasteiger partial charge in [-0.25, -0.2) is 13.6 Å². The summed E-state index contributed by atoms with van der Waals surface area (Å²) < 4.78 is 42.4. The molecule has 0 aliphatic carbocycles. The van der Waals surface area contributed by atoms with Gasteiger partial charge in [0.25, 0.3) is 0 Å². The maximum Gasteiger partial charge on any atom is 0.354 e. The maximum atomic E-state index is 15.1. The maximum absolute atomic E-state index is 15.1. The molecule has 0 fully saturated rings. The highest BCUT2D eigenvalue weighted by Crippen LogP contribution is 2.31. The number of aromatic amines is 1. The van der Waals surface area contributed by atoms with Crippen molar-refractivity contribution in [3.8, 4) is 16.9 Å². The number of guanidine groups is 1. The number of nitrogens with one attached hydrogen (secondary N) is 2. The molecule has 2 atom stereocenters. The monoisotopic (exact) mass is 616 g/mol. The topological polar surface area (TPSA) is 153 Å². The molecule has 0 spiro atoms. The van der Waals surface area contributed by atoms with Crippen LogP contribution in [0.3, 0.4) is 0 Å². The largest absolute Gasteiger partial charge is 0.370 e. The molecular weight excluding hydrogens is 581 g/mol. The Balaban J connectivity index is 1.55. The molecule has 0 aliphatic heterocycles. The Kier molecular flexibility index (Phi) is 11.2. The summed E-state index contributed by atoms with van der Waals surface area (Å²) in [6.07, 6.45) is 4.28. The number of aliphatic imine (C=N–C) groups is 1. The van der Waals surface area contributed by atoms with Gasteiger partial charge >= 0.3 is 5.69 Å². The van der Waals surface area contributed by atoms with Gasteiger partial charge in [-0.05, 0) is 80.1 Å². The smallest absolute Gasteiger partial charge is 0.354 e. The number of nitrogens with zero attached hydrogens (tertiary/aromatic N) is 3. The summed E-state index contributed by atoms with van der Waals surface area (Å²) in [5.41, 5.74) is 19.0. The number of hydrogen-bond donors (Lipinski definition) is 5. The molecule has 2 heterocycles. The normalized spacial score (nSPS) is 12.9. The number of aryl methyl sites for hydroxylation is 1. The summed E-state index contributed by atoms with van der Waals surface area (Å²) >= 11 is 6.19. The Bertz CT molecular complexity index is 1600. The van der Waals surface area contributed by atoms with Crippen LogP contribution >= 0.6 is 11.6 Å². The minimum absolute atomic E-state index is 0.0317. The first kappa shape index (κ1) is 32.1. The highest BCUT2D eigenvalue weighted by atomic mass is 35.5. The average molecular weight is 617 g/mol. The molecule has 0 aliphatic rings. The molecule has 4 aromatic rings. The van der Waals surface area contributed by atoms with Crippen LogP contribution in [0.25, 0.3) is 28.0 Å². The van der Waals surface area contributed by atoms with Gasteiger partial charge in [-0.2, -0.15) is 4.98 Å². The molecule has 2 aromatic carbocycles. The number of rotatable bonds is 15. The van der Waals surface area contributed by atoms with E-state index in [1.165, 1.54) is 4.57 Å². The summed E-state index contributed by atoms with van der Waals surface area (Å²) in [5.74, 6) is -0.569. The summed E-state index contributed by atoms with van der Waals surface area (Å²) in [4.78, 5) is 24.1. The van der Waals surface area contributed by atoms with E-state index in [4.69, 9.17) is 28.8 Å². The van der Waals surface area contributed by atoms with Crippen LogP contribution < -0.4 is 28.2 Å². The first-order valence-corrected chi connectivity index (χ1v) is 14.4. The fourth-order valence-electron chi connectivity index (χ4n) is 4.88. The van der Waals surface area contributed by atoms with Crippen molar-refractivity contribution in [2.45, 2.75) is 44.2 Å². The van der Waals surface area contributed by atoms with E-state index in [2.05, 4.69) is 20.3 Å². The second-order valence-corrected chi connectivity index (χ2v) is 10.8. The SMILES string of the molecule is NC(N)=NCCCN[C@@H](CCF)c1ccc(-n2cc3cc(-c4cc(CCC[C@@H](N)CF)cc(Cl)c4F)[nH]c3nc2=O)cc1. The average Bonchev–Trinajstić information content (AvgIpc) is 3.40. The number of alkyl halides is 2. The Morgan fingerprint density at radius 2 is 1.88 bits per heavy atom. The van der Waals surface area contributed by atoms with Crippen LogP contribution in [0, 0.1) is 5.82 Å². The molecule has 43 heavy (non-hydrogen) atoms. The van der Waals surface area contributed by atoms with Crippen LogP contribution in [-0.4, -0.2) is 53.0 Å². The van der Waals surface area contributed by atoms with E-state index in [1.807, 2.05) is 12.1 Å². The van der Waals surface area contributed by atoms with Crippen LogP contribution in [0.15, 0.2) is 58.4 Å². The zero-order chi connectivity index (χ0) is 30.9. The van der Waals surface area contributed by atoms with E-state index < -0.39 is 30.9 Å². The summed E-state index contributed by atoms with van der Waals surface area (Å²) in [5, 5.41) is 3.87. The van der Waals surface area contributed by atoms with Gasteiger partial charge in [0.05, 0.1) is 23.1 Å². The van der Waals surface area contributed by atoms with Crippen LogP contribution in [-0.2, 0) is 6.42 Å². The molecule has 230 valence electrons. The van der Waals surface area contributed by atoms with Gasteiger partial charge in [0, 0.05) is 35.8 Å². The number of aromatic nitrogens is 3. The number of benzene rings is 2. The van der Waals surface area contributed by atoms with Crippen molar-refractivity contribution in [3.63, 3.8) is 0 Å². The zero-order valence-electron chi connectivity index (χ0n) is 23.6. The number of H-pyrrole nitrogens is 1. The third kappa shape index (κ3) is 8.37. The third-order valence-electron chi connectivity index (χ3n) is 7.12. The van der Waals surface area contributed by atoms with Crippen molar-refractivity contribution in [3.05, 3.63) is 81.1 Å². The number of nitrogens with two attached hydrogens (primary N) is 3. The fraction of sp³-hybridized carbons (Fsp3) is 0.367. The first-order valence-electron chi connectivity index (χ1n) is 14.1. The van der Waals surface area contributed by atoms with Gasteiger partial charge in [0.2, 0.25) is 0 Å². The van der Waals surface area contributed by atoms with Gasteiger partial charge in [0.15, 0.2) is 11.8 Å². The molecule has 0 saturated carbocycles. The summed E-state index contributed by atoms with van der Waals surface area (Å²) in [6, 6.07) is 11.4. The predicted molar refractivity (Wildman–Crippen MR) is 166 cm³/mol. The second kappa shape index (κ2) is 15.0. The zero-order valence-corrected chi connectivity index (χ0v) is 24.4. The van der Waals surface area contributed by atoms with Crippen LogP contribution in [0.2, 0.25) is 5.02 Å². The second-order valence-electron chi connectivity index (χ2n) is 10.4. The number of halogens is 4. The Morgan fingerprint density at radius 1 is 1.12 bits per heavy atom. The molecular formula is C30H36ClF3N8O. The van der Waals surface area contributed by atoms with Gasteiger partial charge in [-0.1, -0.05) is 23.7 Å². The van der Waals surface area contributed by atoms with Gasteiger partial charge in [-0.3, -0.25) is 13.9 Å². The Labute approximate surface area is 252 Å². The molecule has 8 N–H and O–H groups in total. The standard InChI is InChI=1S/C30H36ClF3N8O/c31-24-14-18(3-1-4-21(35)16-33)13-23(27(24)34)26-15-20-17-42(30(43)41-28(20)40-26)22-7-5-19(6-8-22)25(9-10-32)38-11-2-12-39-29(36)37/h5-8,13-15,17,21,25,38H,1-4,9-12,16,35H2,(H4,36,37,39)(H,40,41,43)/t21-,25+/m1/s1. The minimum atomic E-state index is -0.601. The van der Waals surface area contributed by atoms with E-state index >= 15 is 4.39 Å². The van der Waals surface area contributed by atoms with Crippen molar-refractivity contribution in [2.75, 3.05) is 26.4 Å². The third-order valence-corrected chi connectivity index (χ3v) is 7.39. The minimum Gasteiger partial charge on any atom is -0.370 e. The number of hydrogen-bond acceptors (Lipinski definition) is 5. The van der Waals surface area contributed by atoms with Gasteiger partial charge in [-0.15, -0.1) is 0 Å². The van der Waals surface area contributed by atoms with Gasteiger partial charge in [0.1, 0.15) is 12.3 Å². The van der Waals surface area contributed by atoms with Crippen molar-refractivity contribution in [1.29, 1.82) is 0 Å². The lowest BCUT2D eigenvalue weighted by Crippen LogP contribution is -2.25. The molecule has 4 rings (SSSR count). The molecule has 0 unspecified atom stereocenters. The number of fused-ring (bicyclic) bond motifs is 1. The highest BCUT2D eigenvalue weighted by Gasteiger charge is 2.16. The molecule has 0 radical (unpaired) electrons. The Hall–Kier alpha value is -3.87. The van der Waals surface area contributed by atoms with Gasteiger partial charge < -0.3 is 27.5 Å². The summed E-state index contributed by atoms with van der Waals surface area (Å²) in [6.45, 7) is -0.0208. The van der Waals surface area contributed by atoms with Crippen molar-refractivity contribution in [1.82, 2.24) is 19.9 Å². The predicted octanol–water partition coefficient (Wildman–Crippen LogP) is 4.45. The lowest BCUT2D eigenvalue weighted by Gasteiger charge is -2.18. The van der Waals surface area contributed by atoms with E-state index in [9.17, 15) is 13.6 Å². The van der Waals surface area contributed by atoms with E-state index in [1.54, 1.807) is 36.5 Å². The lowest BCUT2D eigenvalue weighted by molar-refractivity contribution is 0.400. The fourth-order valence-corrected chi connectivity index (χ4v) is 5.12. The Morgan fingerprint density at radius 3 is 2.58 bits per heavy atom. The molecule has 0 bridgehead atoms. The van der Waals surface area contributed by atoms with Crippen LogP contribution in [0.1, 0.15) is 42.9 Å². The molecule has 2 aromatic heterocycles. The molecule has 13 heteroatoms. The molecule has 9 nitrogen and oxygen atoms in total. The van der Waals surface area contributed by atoms with Crippen molar-refractivity contribution < 1.29 is 13.2 Å².